The SMILES string of the molecule is CCCCCOc1ccc(Br)cc1CN1CCC(O)(c2ccc(Cl)cc2)CC1. The maximum atomic E-state index is 11.1. The van der Waals surface area contributed by atoms with Gasteiger partial charge in [0.05, 0.1) is 12.2 Å². The molecule has 0 aliphatic carbocycles. The van der Waals surface area contributed by atoms with E-state index in [9.17, 15) is 5.11 Å². The van der Waals surface area contributed by atoms with E-state index in [2.05, 4.69) is 39.9 Å². The summed E-state index contributed by atoms with van der Waals surface area (Å²) < 4.78 is 7.12. The van der Waals surface area contributed by atoms with Crippen LogP contribution in [0.2, 0.25) is 5.02 Å². The Kier molecular flexibility index (Phi) is 7.81. The van der Waals surface area contributed by atoms with Crippen molar-refractivity contribution in [1.29, 1.82) is 0 Å². The van der Waals surface area contributed by atoms with E-state index in [0.29, 0.717) is 5.02 Å². The lowest BCUT2D eigenvalue weighted by Gasteiger charge is -2.38. The zero-order valence-electron chi connectivity index (χ0n) is 16.5. The van der Waals surface area contributed by atoms with Gasteiger partial charge in [0.15, 0.2) is 0 Å². The van der Waals surface area contributed by atoms with Gasteiger partial charge in [-0.3, -0.25) is 4.90 Å². The summed E-state index contributed by atoms with van der Waals surface area (Å²) in [7, 11) is 0. The highest BCUT2D eigenvalue weighted by Crippen LogP contribution is 2.34. The number of likely N-dealkylation sites (tertiary alicyclic amines) is 1. The third-order valence-corrected chi connectivity index (χ3v) is 6.23. The van der Waals surface area contributed by atoms with Gasteiger partial charge in [-0.1, -0.05) is 59.4 Å². The van der Waals surface area contributed by atoms with Crippen molar-refractivity contribution in [3.05, 3.63) is 63.1 Å². The minimum absolute atomic E-state index is 0.700. The molecule has 2 aromatic carbocycles. The van der Waals surface area contributed by atoms with E-state index in [-0.39, 0.29) is 0 Å². The van der Waals surface area contributed by atoms with E-state index in [0.717, 1.165) is 61.3 Å². The van der Waals surface area contributed by atoms with Gasteiger partial charge in [0.2, 0.25) is 0 Å². The van der Waals surface area contributed by atoms with Crippen LogP contribution in [0.15, 0.2) is 46.9 Å². The van der Waals surface area contributed by atoms with Crippen LogP contribution in [-0.4, -0.2) is 29.7 Å². The van der Waals surface area contributed by atoms with Crippen molar-refractivity contribution in [2.75, 3.05) is 19.7 Å². The lowest BCUT2D eigenvalue weighted by molar-refractivity contribution is -0.0278. The molecule has 1 aliphatic rings. The number of benzene rings is 2. The quantitative estimate of drug-likeness (QED) is 0.473. The van der Waals surface area contributed by atoms with Crippen LogP contribution in [0.3, 0.4) is 0 Å². The summed E-state index contributed by atoms with van der Waals surface area (Å²) >= 11 is 9.57. The second-order valence-corrected chi connectivity index (χ2v) is 8.97. The normalized spacial score (nSPS) is 16.9. The minimum Gasteiger partial charge on any atom is -0.493 e. The van der Waals surface area contributed by atoms with Crippen LogP contribution in [0.5, 0.6) is 5.75 Å². The zero-order valence-corrected chi connectivity index (χ0v) is 18.8. The van der Waals surface area contributed by atoms with Crippen molar-refractivity contribution in [2.24, 2.45) is 0 Å². The number of unbranched alkanes of at least 4 members (excludes halogenated alkanes) is 2. The molecule has 0 aromatic heterocycles. The number of halogens is 2. The molecule has 1 N–H and O–H groups in total. The number of rotatable bonds is 8. The Morgan fingerprint density at radius 2 is 1.82 bits per heavy atom. The van der Waals surface area contributed by atoms with Crippen LogP contribution in [0.1, 0.15) is 50.2 Å². The molecule has 2 aromatic rings. The number of hydrogen-bond donors (Lipinski definition) is 1. The topological polar surface area (TPSA) is 32.7 Å². The Hall–Kier alpha value is -1.07. The first-order valence-corrected chi connectivity index (χ1v) is 11.3. The molecule has 1 fully saturated rings. The maximum Gasteiger partial charge on any atom is 0.123 e. The second kappa shape index (κ2) is 10.1. The first-order valence-electron chi connectivity index (χ1n) is 10.1. The molecular formula is C23H29BrClNO2. The molecule has 0 amide bonds. The molecule has 0 bridgehead atoms. The number of ether oxygens (including phenoxy) is 1. The van der Waals surface area contributed by atoms with Crippen molar-refractivity contribution >= 4 is 27.5 Å². The fourth-order valence-corrected chi connectivity index (χ4v) is 4.25. The molecule has 1 aliphatic heterocycles. The van der Waals surface area contributed by atoms with Crippen molar-refractivity contribution in [3.63, 3.8) is 0 Å². The molecule has 1 heterocycles. The average Bonchev–Trinajstić information content (AvgIpc) is 2.69. The Morgan fingerprint density at radius 3 is 2.50 bits per heavy atom. The number of piperidine rings is 1. The first-order chi connectivity index (χ1) is 13.5. The molecule has 0 unspecified atom stereocenters. The lowest BCUT2D eigenvalue weighted by atomic mass is 9.84. The van der Waals surface area contributed by atoms with Gasteiger partial charge in [-0.25, -0.2) is 0 Å². The highest BCUT2D eigenvalue weighted by Gasteiger charge is 2.34. The molecule has 0 atom stereocenters. The van der Waals surface area contributed by atoms with Gasteiger partial charge in [-0.05, 0) is 55.2 Å². The molecule has 3 nitrogen and oxygen atoms in total. The lowest BCUT2D eigenvalue weighted by Crippen LogP contribution is -2.42. The summed E-state index contributed by atoms with van der Waals surface area (Å²) in [5.41, 5.74) is 1.39. The van der Waals surface area contributed by atoms with Crippen molar-refractivity contribution in [3.8, 4) is 5.75 Å². The van der Waals surface area contributed by atoms with Crippen molar-refractivity contribution < 1.29 is 9.84 Å². The van der Waals surface area contributed by atoms with Gasteiger partial charge in [-0.15, -0.1) is 0 Å². The van der Waals surface area contributed by atoms with Crippen LogP contribution in [0.4, 0.5) is 0 Å². The summed E-state index contributed by atoms with van der Waals surface area (Å²) in [5, 5.41) is 11.8. The molecule has 28 heavy (non-hydrogen) atoms. The predicted octanol–water partition coefficient (Wildman–Crippen LogP) is 6.16. The van der Waals surface area contributed by atoms with Gasteiger partial charge in [0.1, 0.15) is 5.75 Å². The molecular weight excluding hydrogens is 438 g/mol. The fourth-order valence-electron chi connectivity index (χ4n) is 3.72. The molecule has 0 saturated carbocycles. The monoisotopic (exact) mass is 465 g/mol. The van der Waals surface area contributed by atoms with E-state index in [1.54, 1.807) is 0 Å². The Balaban J connectivity index is 1.61. The molecule has 0 radical (unpaired) electrons. The van der Waals surface area contributed by atoms with Crippen molar-refractivity contribution in [2.45, 2.75) is 51.2 Å². The molecule has 3 rings (SSSR count). The summed E-state index contributed by atoms with van der Waals surface area (Å²) in [4.78, 5) is 2.39. The van der Waals surface area contributed by atoms with Crippen LogP contribution in [-0.2, 0) is 12.1 Å². The van der Waals surface area contributed by atoms with Crippen molar-refractivity contribution in [1.82, 2.24) is 4.90 Å². The van der Waals surface area contributed by atoms with Gasteiger partial charge >= 0.3 is 0 Å². The highest BCUT2D eigenvalue weighted by atomic mass is 79.9. The molecule has 0 spiro atoms. The number of aliphatic hydroxyl groups is 1. The van der Waals surface area contributed by atoms with Gasteiger partial charge < -0.3 is 9.84 Å². The molecule has 1 saturated heterocycles. The maximum absolute atomic E-state index is 11.1. The summed E-state index contributed by atoms with van der Waals surface area (Å²) in [6, 6.07) is 13.8. The van der Waals surface area contributed by atoms with E-state index in [1.165, 1.54) is 18.4 Å². The third-order valence-electron chi connectivity index (χ3n) is 5.49. The fraction of sp³-hybridized carbons (Fsp3) is 0.478. The predicted molar refractivity (Wildman–Crippen MR) is 119 cm³/mol. The second-order valence-electron chi connectivity index (χ2n) is 7.62. The summed E-state index contributed by atoms with van der Waals surface area (Å²) in [6.45, 7) is 5.49. The number of nitrogens with zero attached hydrogens (tertiary/aromatic N) is 1. The largest absolute Gasteiger partial charge is 0.493 e. The van der Waals surface area contributed by atoms with Gasteiger partial charge in [0.25, 0.3) is 0 Å². The Morgan fingerprint density at radius 1 is 1.11 bits per heavy atom. The summed E-state index contributed by atoms with van der Waals surface area (Å²) in [5.74, 6) is 0.970. The first kappa shape index (κ1) is 21.6. The van der Waals surface area contributed by atoms with Gasteiger partial charge in [-0.2, -0.15) is 0 Å². The van der Waals surface area contributed by atoms with E-state index < -0.39 is 5.60 Å². The molecule has 152 valence electrons. The van der Waals surface area contributed by atoms with Gasteiger partial charge in [0, 0.05) is 34.7 Å². The summed E-state index contributed by atoms with van der Waals surface area (Å²) in [6.07, 6.45) is 4.91. The Bertz CT molecular complexity index is 758. The standard InChI is InChI=1S/C23H29BrClNO2/c1-2-3-4-15-28-22-10-7-20(24)16-18(22)17-26-13-11-23(27,12-14-26)19-5-8-21(25)9-6-19/h5-10,16,27H,2-4,11-15,17H2,1H3. The van der Waals surface area contributed by atoms with E-state index in [4.69, 9.17) is 16.3 Å². The third kappa shape index (κ3) is 5.73. The highest BCUT2D eigenvalue weighted by molar-refractivity contribution is 9.10. The van der Waals surface area contributed by atoms with Crippen LogP contribution < -0.4 is 4.74 Å². The number of hydrogen-bond acceptors (Lipinski definition) is 3. The van der Waals surface area contributed by atoms with E-state index >= 15 is 0 Å². The Labute approximate surface area is 181 Å². The average molecular weight is 467 g/mol. The van der Waals surface area contributed by atoms with Crippen LogP contribution in [0.25, 0.3) is 0 Å². The van der Waals surface area contributed by atoms with E-state index in [1.807, 2.05) is 30.3 Å². The minimum atomic E-state index is -0.766. The molecule has 5 heteroatoms. The van der Waals surface area contributed by atoms with Crippen LogP contribution in [0, 0.1) is 0 Å². The smallest absolute Gasteiger partial charge is 0.123 e. The zero-order chi connectivity index (χ0) is 20.0. The van der Waals surface area contributed by atoms with Crippen LogP contribution >= 0.6 is 27.5 Å².